The predicted molar refractivity (Wildman–Crippen MR) is 78.8 cm³/mol. The van der Waals surface area contributed by atoms with Crippen molar-refractivity contribution in [2.75, 3.05) is 0 Å². The van der Waals surface area contributed by atoms with Gasteiger partial charge in [-0.25, -0.2) is 4.79 Å². The molecule has 2 atom stereocenters. The third-order valence-electron chi connectivity index (χ3n) is 3.13. The number of carbonyl (C=O) groups is 2. The van der Waals surface area contributed by atoms with Crippen molar-refractivity contribution in [2.24, 2.45) is 11.1 Å². The zero-order valence-electron chi connectivity index (χ0n) is 12.5. The number of nitrogens with one attached hydrogen (secondary N) is 1. The summed E-state index contributed by atoms with van der Waals surface area (Å²) in [4.78, 5) is 23.2. The van der Waals surface area contributed by atoms with Crippen molar-refractivity contribution in [1.82, 2.24) is 5.32 Å². The molecule has 5 N–H and O–H groups in total. The first-order valence-corrected chi connectivity index (χ1v) is 6.68. The van der Waals surface area contributed by atoms with E-state index in [0.29, 0.717) is 0 Å². The number of phenols is 1. The Morgan fingerprint density at radius 2 is 1.76 bits per heavy atom. The summed E-state index contributed by atoms with van der Waals surface area (Å²) in [5, 5.41) is 20.8. The molecule has 1 aromatic rings. The molecule has 0 bridgehead atoms. The molecule has 0 fully saturated rings. The fourth-order valence-electron chi connectivity index (χ4n) is 1.88. The maximum atomic E-state index is 12.0. The molecule has 0 aliphatic heterocycles. The quantitative estimate of drug-likeness (QED) is 0.644. The summed E-state index contributed by atoms with van der Waals surface area (Å²) in [5.74, 6) is -1.46. The number of phenolic OH excluding ortho intramolecular Hbond substituents is 1. The topological polar surface area (TPSA) is 113 Å². The van der Waals surface area contributed by atoms with E-state index in [4.69, 9.17) is 5.73 Å². The van der Waals surface area contributed by atoms with Gasteiger partial charge in [-0.15, -0.1) is 0 Å². The van der Waals surface area contributed by atoms with Gasteiger partial charge in [0.25, 0.3) is 0 Å². The second kappa shape index (κ2) is 6.58. The van der Waals surface area contributed by atoms with Gasteiger partial charge in [-0.1, -0.05) is 32.9 Å². The van der Waals surface area contributed by atoms with Crippen LogP contribution in [-0.4, -0.2) is 34.2 Å². The molecule has 0 aliphatic carbocycles. The van der Waals surface area contributed by atoms with Gasteiger partial charge in [-0.2, -0.15) is 0 Å². The molecule has 0 spiro atoms. The minimum Gasteiger partial charge on any atom is -0.508 e. The standard InChI is InChI=1S/C15H22N2O4/c1-15(2,3)12(14(20)21)17-13(19)11(16)8-9-4-6-10(18)7-5-9/h4-7,11-12,18H,8,16H2,1-3H3,(H,17,19)(H,20,21)/t11-,12+/m0/s1. The molecule has 0 aliphatic rings. The normalized spacial score (nSPS) is 14.3. The van der Waals surface area contributed by atoms with Crippen LogP contribution >= 0.6 is 0 Å². The summed E-state index contributed by atoms with van der Waals surface area (Å²) < 4.78 is 0. The van der Waals surface area contributed by atoms with Crippen LogP contribution in [-0.2, 0) is 16.0 Å². The van der Waals surface area contributed by atoms with Gasteiger partial charge >= 0.3 is 5.97 Å². The highest BCUT2D eigenvalue weighted by molar-refractivity contribution is 5.87. The summed E-state index contributed by atoms with van der Waals surface area (Å²) in [6, 6.07) is 4.50. The van der Waals surface area contributed by atoms with E-state index < -0.39 is 29.4 Å². The zero-order chi connectivity index (χ0) is 16.2. The second-order valence-electron chi connectivity index (χ2n) is 6.12. The SMILES string of the molecule is CC(C)(C)[C@H](NC(=O)[C@@H](N)Cc1ccc(O)cc1)C(=O)O. The van der Waals surface area contributed by atoms with Crippen LogP contribution in [0.3, 0.4) is 0 Å². The average Bonchev–Trinajstić information content (AvgIpc) is 2.36. The first-order valence-electron chi connectivity index (χ1n) is 6.68. The highest BCUT2D eigenvalue weighted by Gasteiger charge is 2.33. The third kappa shape index (κ3) is 5.07. The number of rotatable bonds is 5. The van der Waals surface area contributed by atoms with E-state index in [1.165, 1.54) is 12.1 Å². The number of benzene rings is 1. The van der Waals surface area contributed by atoms with Crippen LogP contribution in [0.2, 0.25) is 0 Å². The largest absolute Gasteiger partial charge is 0.508 e. The molecule has 0 saturated carbocycles. The molecule has 1 rings (SSSR count). The molecular weight excluding hydrogens is 272 g/mol. The number of hydrogen-bond donors (Lipinski definition) is 4. The van der Waals surface area contributed by atoms with E-state index >= 15 is 0 Å². The highest BCUT2D eigenvalue weighted by atomic mass is 16.4. The van der Waals surface area contributed by atoms with Crippen LogP contribution < -0.4 is 11.1 Å². The van der Waals surface area contributed by atoms with Crippen molar-refractivity contribution in [3.8, 4) is 5.75 Å². The number of carboxylic acid groups (broad SMARTS) is 1. The number of nitrogens with two attached hydrogens (primary N) is 1. The predicted octanol–water partition coefficient (Wildman–Crippen LogP) is 0.877. The number of aromatic hydroxyl groups is 1. The molecule has 6 heteroatoms. The zero-order valence-corrected chi connectivity index (χ0v) is 12.5. The number of carbonyl (C=O) groups excluding carboxylic acids is 1. The first-order chi connectivity index (χ1) is 9.61. The Morgan fingerprint density at radius 1 is 1.24 bits per heavy atom. The fraction of sp³-hybridized carbons (Fsp3) is 0.467. The van der Waals surface area contributed by atoms with Gasteiger partial charge in [0.1, 0.15) is 11.8 Å². The van der Waals surface area contributed by atoms with Crippen LogP contribution in [0.15, 0.2) is 24.3 Å². The van der Waals surface area contributed by atoms with E-state index in [0.717, 1.165) is 5.56 Å². The Labute approximate surface area is 124 Å². The van der Waals surface area contributed by atoms with Crippen molar-refractivity contribution in [2.45, 2.75) is 39.3 Å². The molecule has 0 heterocycles. The third-order valence-corrected chi connectivity index (χ3v) is 3.13. The van der Waals surface area contributed by atoms with E-state index in [-0.39, 0.29) is 12.2 Å². The van der Waals surface area contributed by atoms with Gasteiger partial charge in [-0.05, 0) is 29.5 Å². The highest BCUT2D eigenvalue weighted by Crippen LogP contribution is 2.19. The number of amides is 1. The van der Waals surface area contributed by atoms with E-state index in [9.17, 15) is 19.8 Å². The summed E-state index contributed by atoms with van der Waals surface area (Å²) in [6.07, 6.45) is 0.266. The van der Waals surface area contributed by atoms with Gasteiger partial charge in [0.2, 0.25) is 5.91 Å². The van der Waals surface area contributed by atoms with Gasteiger partial charge in [0, 0.05) is 0 Å². The first kappa shape index (κ1) is 17.0. The monoisotopic (exact) mass is 294 g/mol. The molecule has 0 radical (unpaired) electrons. The number of aliphatic carboxylic acids is 1. The maximum absolute atomic E-state index is 12.0. The molecule has 0 saturated heterocycles. The van der Waals surface area contributed by atoms with E-state index in [2.05, 4.69) is 5.32 Å². The molecule has 116 valence electrons. The second-order valence-corrected chi connectivity index (χ2v) is 6.12. The summed E-state index contributed by atoms with van der Waals surface area (Å²) >= 11 is 0. The van der Waals surface area contributed by atoms with Crippen molar-refractivity contribution in [3.05, 3.63) is 29.8 Å². The Kier molecular flexibility index (Phi) is 5.32. The molecule has 6 nitrogen and oxygen atoms in total. The maximum Gasteiger partial charge on any atom is 0.326 e. The smallest absolute Gasteiger partial charge is 0.326 e. The number of hydrogen-bond acceptors (Lipinski definition) is 4. The van der Waals surface area contributed by atoms with Gasteiger partial charge in [0.05, 0.1) is 6.04 Å². The minimum atomic E-state index is -1.09. The molecule has 21 heavy (non-hydrogen) atoms. The molecule has 0 unspecified atom stereocenters. The van der Waals surface area contributed by atoms with Crippen molar-refractivity contribution >= 4 is 11.9 Å². The number of carboxylic acids is 1. The van der Waals surface area contributed by atoms with Crippen LogP contribution in [0.4, 0.5) is 0 Å². The lowest BCUT2D eigenvalue weighted by molar-refractivity contribution is -0.145. The summed E-state index contributed by atoms with van der Waals surface area (Å²) in [7, 11) is 0. The van der Waals surface area contributed by atoms with Crippen LogP contribution in [0.1, 0.15) is 26.3 Å². The van der Waals surface area contributed by atoms with Gasteiger partial charge in [0.15, 0.2) is 0 Å². The lowest BCUT2D eigenvalue weighted by Gasteiger charge is -2.28. The average molecular weight is 294 g/mol. The van der Waals surface area contributed by atoms with Crippen molar-refractivity contribution in [3.63, 3.8) is 0 Å². The lowest BCUT2D eigenvalue weighted by Crippen LogP contribution is -2.54. The summed E-state index contributed by atoms with van der Waals surface area (Å²) in [5.41, 5.74) is 5.99. The summed E-state index contributed by atoms with van der Waals surface area (Å²) in [6.45, 7) is 5.20. The Bertz CT molecular complexity index is 505. The minimum absolute atomic E-state index is 0.135. The molecule has 1 aromatic carbocycles. The van der Waals surface area contributed by atoms with Gasteiger partial charge in [-0.3, -0.25) is 4.79 Å². The molecule has 1 amide bonds. The Balaban J connectivity index is 2.69. The van der Waals surface area contributed by atoms with Crippen LogP contribution in [0.5, 0.6) is 5.75 Å². The Morgan fingerprint density at radius 3 is 2.19 bits per heavy atom. The van der Waals surface area contributed by atoms with Crippen LogP contribution in [0.25, 0.3) is 0 Å². The molecule has 0 aromatic heterocycles. The van der Waals surface area contributed by atoms with Gasteiger partial charge < -0.3 is 21.3 Å². The lowest BCUT2D eigenvalue weighted by atomic mass is 9.86. The van der Waals surface area contributed by atoms with Crippen LogP contribution in [0, 0.1) is 5.41 Å². The molecular formula is C15H22N2O4. The van der Waals surface area contributed by atoms with Crippen molar-refractivity contribution < 1.29 is 19.8 Å². The van der Waals surface area contributed by atoms with E-state index in [1.54, 1.807) is 32.9 Å². The van der Waals surface area contributed by atoms with E-state index in [1.807, 2.05) is 0 Å². The Hall–Kier alpha value is -2.08. The van der Waals surface area contributed by atoms with Crippen molar-refractivity contribution in [1.29, 1.82) is 0 Å². The fourth-order valence-corrected chi connectivity index (χ4v) is 1.88.